The van der Waals surface area contributed by atoms with E-state index < -0.39 is 49.5 Å². The molecule has 0 aromatic rings. The second kappa shape index (κ2) is 68.7. The first kappa shape index (κ1) is 86.4. The molecule has 6 N–H and O–H groups in total. The van der Waals surface area contributed by atoms with Crippen LogP contribution >= 0.6 is 0 Å². The van der Waals surface area contributed by atoms with Crippen LogP contribution in [0.15, 0.2) is 60.8 Å². The molecule has 0 radical (unpaired) electrons. The fourth-order valence-electron chi connectivity index (χ4n) is 12.3. The van der Waals surface area contributed by atoms with E-state index in [1.165, 1.54) is 276 Å². The SMILES string of the molecule is CC/C=C/CC/C=C/CC/C=C/C(O)C(COC1OC(CO)C(O)C(O)C1O)NC(=O)CCCCCCCCCCCCCCCCCCC/C=C\C/C=C\CCCCCCCCCCCCCCCCCOC(=O)CCCCCCCCCCCCCCCC. The fraction of sp³-hybridized carbons (Fsp3) is 0.850. The summed E-state index contributed by atoms with van der Waals surface area (Å²) < 4.78 is 16.7. The van der Waals surface area contributed by atoms with Crippen molar-refractivity contribution in [2.75, 3.05) is 19.8 Å². The number of unbranched alkanes of at least 4 members (excludes halogenated alkanes) is 47. The topological polar surface area (TPSA) is 175 Å². The summed E-state index contributed by atoms with van der Waals surface area (Å²) in [5, 5.41) is 54.3. The second-order valence-electron chi connectivity index (χ2n) is 27.0. The summed E-state index contributed by atoms with van der Waals surface area (Å²) in [7, 11) is 0. The average Bonchev–Trinajstić information content (AvgIpc) is 2.82. The Morgan fingerprint density at radius 1 is 0.418 bits per heavy atom. The number of aliphatic hydroxyl groups is 5. The van der Waals surface area contributed by atoms with Crippen LogP contribution in [0.4, 0.5) is 0 Å². The van der Waals surface area contributed by atoms with Crippen molar-refractivity contribution in [2.24, 2.45) is 0 Å². The quantitative estimate of drug-likeness (QED) is 0.0195. The first-order chi connectivity index (χ1) is 44.7. The molecule has 1 saturated heterocycles. The molecule has 0 aliphatic carbocycles. The molecule has 7 atom stereocenters. The highest BCUT2D eigenvalue weighted by Gasteiger charge is 2.44. The minimum absolute atomic E-state index is 0.0168. The Labute approximate surface area is 560 Å². The van der Waals surface area contributed by atoms with Crippen LogP contribution in [0.5, 0.6) is 0 Å². The molecule has 0 bridgehead atoms. The fourth-order valence-corrected chi connectivity index (χ4v) is 12.3. The third kappa shape index (κ3) is 57.3. The molecule has 1 aliphatic rings. The first-order valence-electron chi connectivity index (χ1n) is 39.1. The van der Waals surface area contributed by atoms with E-state index >= 15 is 0 Å². The highest BCUT2D eigenvalue weighted by molar-refractivity contribution is 5.76. The molecule has 0 spiro atoms. The molecular weight excluding hydrogens is 1130 g/mol. The Balaban J connectivity index is 1.88. The molecule has 532 valence electrons. The van der Waals surface area contributed by atoms with Crippen LogP contribution in [0.1, 0.15) is 373 Å². The van der Waals surface area contributed by atoms with E-state index in [-0.39, 0.29) is 18.5 Å². The van der Waals surface area contributed by atoms with E-state index in [1.54, 1.807) is 6.08 Å². The van der Waals surface area contributed by atoms with Gasteiger partial charge in [0.25, 0.3) is 0 Å². The third-order valence-corrected chi connectivity index (χ3v) is 18.3. The van der Waals surface area contributed by atoms with Crippen LogP contribution in [-0.2, 0) is 23.8 Å². The van der Waals surface area contributed by atoms with Crippen molar-refractivity contribution >= 4 is 11.9 Å². The van der Waals surface area contributed by atoms with E-state index in [0.29, 0.717) is 19.4 Å². The van der Waals surface area contributed by atoms with Crippen LogP contribution in [0.2, 0.25) is 0 Å². The van der Waals surface area contributed by atoms with Crippen LogP contribution < -0.4 is 5.32 Å². The van der Waals surface area contributed by atoms with Crippen molar-refractivity contribution in [1.29, 1.82) is 0 Å². The number of esters is 1. The highest BCUT2D eigenvalue weighted by atomic mass is 16.7. The van der Waals surface area contributed by atoms with Crippen molar-refractivity contribution < 1.29 is 49.3 Å². The summed E-state index contributed by atoms with van der Waals surface area (Å²) in [5.41, 5.74) is 0. The minimum Gasteiger partial charge on any atom is -0.466 e. The normalized spacial score (nSPS) is 17.9. The van der Waals surface area contributed by atoms with Gasteiger partial charge in [0.05, 0.1) is 32.0 Å². The molecular formula is C80H147NO10. The number of aliphatic hydroxyl groups excluding tert-OH is 5. The van der Waals surface area contributed by atoms with Crippen molar-refractivity contribution in [2.45, 2.75) is 416 Å². The first-order valence-corrected chi connectivity index (χ1v) is 39.1. The van der Waals surface area contributed by atoms with Crippen LogP contribution in [0, 0.1) is 0 Å². The molecule has 7 unspecified atom stereocenters. The van der Waals surface area contributed by atoms with Gasteiger partial charge in [-0.1, -0.05) is 338 Å². The van der Waals surface area contributed by atoms with Crippen molar-refractivity contribution in [3.8, 4) is 0 Å². The summed E-state index contributed by atoms with van der Waals surface area (Å²) >= 11 is 0. The van der Waals surface area contributed by atoms with Gasteiger partial charge in [-0.3, -0.25) is 9.59 Å². The van der Waals surface area contributed by atoms with Gasteiger partial charge in [-0.25, -0.2) is 0 Å². The maximum absolute atomic E-state index is 13.0. The smallest absolute Gasteiger partial charge is 0.305 e. The number of carbonyl (C=O) groups is 2. The number of carbonyl (C=O) groups excluding carboxylic acids is 2. The lowest BCUT2D eigenvalue weighted by Crippen LogP contribution is -2.60. The summed E-state index contributed by atoms with van der Waals surface area (Å²) in [4.78, 5) is 25.1. The van der Waals surface area contributed by atoms with Gasteiger partial charge < -0.3 is 45.1 Å². The monoisotopic (exact) mass is 1280 g/mol. The average molecular weight is 1280 g/mol. The molecule has 0 aromatic carbocycles. The number of allylic oxidation sites excluding steroid dienone is 9. The van der Waals surface area contributed by atoms with E-state index in [9.17, 15) is 35.1 Å². The number of hydrogen-bond acceptors (Lipinski definition) is 10. The summed E-state index contributed by atoms with van der Waals surface area (Å²) in [5.74, 6) is -0.178. The number of amides is 1. The molecule has 1 amide bonds. The summed E-state index contributed by atoms with van der Waals surface area (Å²) in [6.45, 7) is 4.24. The molecule has 11 nitrogen and oxygen atoms in total. The molecule has 91 heavy (non-hydrogen) atoms. The van der Waals surface area contributed by atoms with E-state index in [0.717, 1.165) is 70.6 Å². The van der Waals surface area contributed by atoms with Crippen LogP contribution in [0.25, 0.3) is 0 Å². The van der Waals surface area contributed by atoms with E-state index in [4.69, 9.17) is 14.2 Å². The van der Waals surface area contributed by atoms with Crippen molar-refractivity contribution in [3.05, 3.63) is 60.8 Å². The van der Waals surface area contributed by atoms with Crippen molar-refractivity contribution in [3.63, 3.8) is 0 Å². The number of nitrogens with one attached hydrogen (secondary N) is 1. The standard InChI is InChI=1S/C80H147NO10/c1-3-5-7-9-11-13-15-16-45-48-52-56-60-64-68-76(85)89-69-65-61-57-53-49-46-43-41-39-37-35-33-31-29-27-25-23-21-19-17-18-20-22-24-26-28-30-32-34-36-38-40-42-44-47-51-55-59-63-67-75(84)81-72(71-90-80-79(88)78(87)77(86)74(70-82)91-80)73(83)66-62-58-54-50-14-12-10-8-6-4-2/h6,8,14,17-18,21,23,50,62,66,72-74,77-80,82-83,86-88H,3-5,7,9-13,15-16,19-20,22,24-49,51-61,63-65,67-71H2,1-2H3,(H,81,84)/b8-6+,18-17-,23-21-,50-14+,66-62+. The Kier molecular flexibility index (Phi) is 65.2. The number of rotatable bonds is 69. The third-order valence-electron chi connectivity index (χ3n) is 18.3. The van der Waals surface area contributed by atoms with Gasteiger partial charge in [0.1, 0.15) is 24.4 Å². The summed E-state index contributed by atoms with van der Waals surface area (Å²) in [6, 6.07) is -0.832. The van der Waals surface area contributed by atoms with Gasteiger partial charge in [0.2, 0.25) is 5.91 Å². The Hall–Kier alpha value is -2.64. The highest BCUT2D eigenvalue weighted by Crippen LogP contribution is 2.24. The predicted octanol–water partition coefficient (Wildman–Crippen LogP) is 20.9. The van der Waals surface area contributed by atoms with Crippen LogP contribution in [0.3, 0.4) is 0 Å². The largest absolute Gasteiger partial charge is 0.466 e. The van der Waals surface area contributed by atoms with Crippen LogP contribution in [-0.4, -0.2) is 100 Å². The molecule has 1 heterocycles. The van der Waals surface area contributed by atoms with E-state index in [2.05, 4.69) is 67.8 Å². The van der Waals surface area contributed by atoms with Gasteiger partial charge in [0, 0.05) is 12.8 Å². The lowest BCUT2D eigenvalue weighted by atomic mass is 9.99. The van der Waals surface area contributed by atoms with Gasteiger partial charge in [-0.05, 0) is 83.5 Å². The lowest BCUT2D eigenvalue weighted by Gasteiger charge is -2.40. The van der Waals surface area contributed by atoms with Crippen molar-refractivity contribution in [1.82, 2.24) is 5.32 Å². The predicted molar refractivity (Wildman–Crippen MR) is 384 cm³/mol. The second-order valence-corrected chi connectivity index (χ2v) is 27.0. The lowest BCUT2D eigenvalue weighted by molar-refractivity contribution is -0.302. The Morgan fingerprint density at radius 3 is 1.20 bits per heavy atom. The Bertz CT molecular complexity index is 1700. The zero-order valence-corrected chi connectivity index (χ0v) is 59.3. The molecule has 1 rings (SSSR count). The van der Waals surface area contributed by atoms with Gasteiger partial charge in [0.15, 0.2) is 6.29 Å². The molecule has 11 heteroatoms. The molecule has 0 aromatic heterocycles. The molecule has 1 aliphatic heterocycles. The number of hydrogen-bond donors (Lipinski definition) is 6. The van der Waals surface area contributed by atoms with Gasteiger partial charge >= 0.3 is 5.97 Å². The maximum atomic E-state index is 13.0. The maximum Gasteiger partial charge on any atom is 0.305 e. The molecule has 0 saturated carbocycles. The molecule has 1 fully saturated rings. The van der Waals surface area contributed by atoms with E-state index in [1.807, 2.05) is 6.08 Å². The zero-order chi connectivity index (χ0) is 65.8. The minimum atomic E-state index is -1.58. The zero-order valence-electron chi connectivity index (χ0n) is 59.3. The summed E-state index contributed by atoms with van der Waals surface area (Å²) in [6.07, 6.45) is 82.8. The number of ether oxygens (including phenoxy) is 3. The Morgan fingerprint density at radius 2 is 0.780 bits per heavy atom. The van der Waals surface area contributed by atoms with Gasteiger partial charge in [-0.2, -0.15) is 0 Å². The van der Waals surface area contributed by atoms with Gasteiger partial charge in [-0.15, -0.1) is 0 Å².